The van der Waals surface area contributed by atoms with Gasteiger partial charge in [-0.3, -0.25) is 9.89 Å². The van der Waals surface area contributed by atoms with Crippen LogP contribution < -0.4 is 10.6 Å². The Morgan fingerprint density at radius 2 is 1.93 bits per heavy atom. The lowest BCUT2D eigenvalue weighted by Gasteiger charge is -2.34. The Hall–Kier alpha value is -1.15. The van der Waals surface area contributed by atoms with Crippen molar-refractivity contribution >= 4 is 17.3 Å². The number of guanidine groups is 1. The maximum Gasteiger partial charge on any atom is 0.191 e. The number of morpholine rings is 1. The fraction of sp³-hybridized carbons (Fsp3) is 0.773. The Bertz CT molecular complexity index is 568. The van der Waals surface area contributed by atoms with Crippen LogP contribution in [0, 0.1) is 0 Å². The first-order chi connectivity index (χ1) is 14.4. The molecule has 29 heavy (non-hydrogen) atoms. The second-order valence-corrected chi connectivity index (χ2v) is 9.00. The monoisotopic (exact) mass is 421 g/mol. The molecular weight excluding hydrogens is 382 g/mol. The Morgan fingerprint density at radius 1 is 1.10 bits per heavy atom. The van der Waals surface area contributed by atoms with Gasteiger partial charge in [0, 0.05) is 38.1 Å². The summed E-state index contributed by atoms with van der Waals surface area (Å²) in [7, 11) is 1.86. The number of likely N-dealkylation sites (tertiary alicyclic amines) is 1. The third-order valence-electron chi connectivity index (χ3n) is 5.94. The van der Waals surface area contributed by atoms with Crippen LogP contribution in [-0.4, -0.2) is 81.8 Å². The first kappa shape index (κ1) is 22.5. The first-order valence-corrected chi connectivity index (χ1v) is 12.3. The molecule has 0 saturated carbocycles. The van der Waals surface area contributed by atoms with E-state index in [9.17, 15) is 0 Å². The second-order valence-electron chi connectivity index (χ2n) is 8.02. The van der Waals surface area contributed by atoms with Crippen LogP contribution in [0.5, 0.6) is 0 Å². The summed E-state index contributed by atoms with van der Waals surface area (Å²) in [4.78, 5) is 11.0. The quantitative estimate of drug-likeness (QED) is 0.346. The summed E-state index contributed by atoms with van der Waals surface area (Å²) in [6.07, 6.45) is 8.00. The predicted molar refractivity (Wildman–Crippen MR) is 123 cm³/mol. The van der Waals surface area contributed by atoms with Crippen molar-refractivity contribution in [2.45, 2.75) is 44.6 Å². The number of hydrogen-bond donors (Lipinski definition) is 2. The van der Waals surface area contributed by atoms with Crippen molar-refractivity contribution in [1.29, 1.82) is 0 Å². The molecule has 1 aromatic heterocycles. The number of thiophene rings is 1. The zero-order valence-corrected chi connectivity index (χ0v) is 18.9. The number of nitrogens with zero attached hydrogens (tertiary/aromatic N) is 3. The number of piperidine rings is 1. The zero-order valence-electron chi connectivity index (χ0n) is 18.1. The van der Waals surface area contributed by atoms with Crippen LogP contribution >= 0.6 is 11.3 Å². The molecule has 1 aromatic rings. The van der Waals surface area contributed by atoms with E-state index in [-0.39, 0.29) is 0 Å². The molecule has 7 heteroatoms. The smallest absolute Gasteiger partial charge is 0.191 e. The topological polar surface area (TPSA) is 52.1 Å². The van der Waals surface area contributed by atoms with E-state index >= 15 is 0 Å². The van der Waals surface area contributed by atoms with Crippen LogP contribution in [0.2, 0.25) is 0 Å². The van der Waals surface area contributed by atoms with Crippen molar-refractivity contribution in [2.75, 3.05) is 66.1 Å². The molecule has 0 spiro atoms. The highest BCUT2D eigenvalue weighted by Crippen LogP contribution is 2.25. The van der Waals surface area contributed by atoms with Gasteiger partial charge < -0.3 is 20.3 Å². The van der Waals surface area contributed by atoms with E-state index < -0.39 is 0 Å². The highest BCUT2D eigenvalue weighted by molar-refractivity contribution is 7.10. The fourth-order valence-electron chi connectivity index (χ4n) is 4.22. The normalized spacial score (nSPS) is 20.5. The molecule has 0 aliphatic carbocycles. The molecule has 2 aliphatic heterocycles. The SMILES string of the molecule is CN=C(NCCCCCN1CCCCC1)NCC(c1cccs1)N1CCOCC1. The Morgan fingerprint density at radius 3 is 2.66 bits per heavy atom. The summed E-state index contributed by atoms with van der Waals surface area (Å²) < 4.78 is 5.54. The van der Waals surface area contributed by atoms with Crippen molar-refractivity contribution < 1.29 is 4.74 Å². The molecule has 1 unspecified atom stereocenters. The summed E-state index contributed by atoms with van der Waals surface area (Å²) >= 11 is 1.84. The van der Waals surface area contributed by atoms with Gasteiger partial charge in [-0.15, -0.1) is 11.3 Å². The molecular formula is C22H39N5OS. The maximum atomic E-state index is 5.54. The van der Waals surface area contributed by atoms with Crippen molar-refractivity contribution in [1.82, 2.24) is 20.4 Å². The summed E-state index contributed by atoms with van der Waals surface area (Å²) in [6.45, 7) is 9.39. The number of hydrogen-bond acceptors (Lipinski definition) is 5. The lowest BCUT2D eigenvalue weighted by atomic mass is 10.1. The number of ether oxygens (including phenoxy) is 1. The summed E-state index contributed by atoms with van der Waals surface area (Å²) in [5.41, 5.74) is 0. The lowest BCUT2D eigenvalue weighted by molar-refractivity contribution is 0.0177. The molecule has 0 radical (unpaired) electrons. The second kappa shape index (κ2) is 13.2. The van der Waals surface area contributed by atoms with Crippen LogP contribution in [0.15, 0.2) is 22.5 Å². The van der Waals surface area contributed by atoms with Crippen LogP contribution in [0.1, 0.15) is 49.4 Å². The summed E-state index contributed by atoms with van der Waals surface area (Å²) in [6, 6.07) is 4.76. The van der Waals surface area contributed by atoms with Crippen LogP contribution in [0.25, 0.3) is 0 Å². The van der Waals surface area contributed by atoms with Crippen molar-refractivity contribution in [2.24, 2.45) is 4.99 Å². The van der Waals surface area contributed by atoms with Gasteiger partial charge in [0.25, 0.3) is 0 Å². The molecule has 0 bridgehead atoms. The molecule has 1 atom stereocenters. The third kappa shape index (κ3) is 7.89. The number of rotatable bonds is 10. The van der Waals surface area contributed by atoms with Gasteiger partial charge in [-0.1, -0.05) is 18.9 Å². The first-order valence-electron chi connectivity index (χ1n) is 11.4. The molecule has 3 heterocycles. The Labute approximate surface area is 180 Å². The molecule has 0 aromatic carbocycles. The molecule has 2 aliphatic rings. The van der Waals surface area contributed by atoms with Crippen molar-refractivity contribution in [3.8, 4) is 0 Å². The van der Waals surface area contributed by atoms with Crippen molar-refractivity contribution in [3.05, 3.63) is 22.4 Å². The van der Waals surface area contributed by atoms with Gasteiger partial charge in [0.15, 0.2) is 5.96 Å². The Kier molecular flexibility index (Phi) is 10.3. The molecule has 2 N–H and O–H groups in total. The highest BCUT2D eigenvalue weighted by Gasteiger charge is 2.23. The third-order valence-corrected chi connectivity index (χ3v) is 6.91. The number of nitrogens with one attached hydrogen (secondary N) is 2. The molecule has 2 saturated heterocycles. The van der Waals surface area contributed by atoms with E-state index in [1.807, 2.05) is 18.4 Å². The van der Waals surface area contributed by atoms with Crippen molar-refractivity contribution in [3.63, 3.8) is 0 Å². The average Bonchev–Trinajstić information content (AvgIpc) is 3.31. The number of unbranched alkanes of at least 4 members (excludes halogenated alkanes) is 2. The molecule has 2 fully saturated rings. The van der Waals surface area contributed by atoms with Gasteiger partial charge in [0.05, 0.1) is 19.3 Å². The van der Waals surface area contributed by atoms with E-state index in [4.69, 9.17) is 4.74 Å². The predicted octanol–water partition coefficient (Wildman–Crippen LogP) is 2.94. The molecule has 0 amide bonds. The average molecular weight is 422 g/mol. The van der Waals surface area contributed by atoms with E-state index in [2.05, 4.69) is 42.9 Å². The van der Waals surface area contributed by atoms with E-state index in [0.29, 0.717) is 6.04 Å². The van der Waals surface area contributed by atoms with Gasteiger partial charge in [0.1, 0.15) is 0 Å². The molecule has 164 valence electrons. The number of aliphatic imine (C=N–C) groups is 1. The Balaban J connectivity index is 1.34. The van der Waals surface area contributed by atoms with Crippen LogP contribution in [0.4, 0.5) is 0 Å². The minimum atomic E-state index is 0.377. The van der Waals surface area contributed by atoms with Gasteiger partial charge >= 0.3 is 0 Å². The van der Waals surface area contributed by atoms with E-state index in [0.717, 1.165) is 45.4 Å². The van der Waals surface area contributed by atoms with Crippen LogP contribution in [-0.2, 0) is 4.74 Å². The zero-order chi connectivity index (χ0) is 20.2. The maximum absolute atomic E-state index is 5.54. The fourth-order valence-corrected chi connectivity index (χ4v) is 5.08. The van der Waals surface area contributed by atoms with E-state index in [1.54, 1.807) is 0 Å². The largest absolute Gasteiger partial charge is 0.379 e. The minimum Gasteiger partial charge on any atom is -0.379 e. The standard InChI is InChI=1S/C22H39N5OS/c1-23-22(24-10-4-2-5-11-26-12-6-3-7-13-26)25-19-20(21-9-8-18-29-21)27-14-16-28-17-15-27/h8-9,18,20H,2-7,10-17,19H2,1H3,(H2,23,24,25). The summed E-state index contributed by atoms with van der Waals surface area (Å²) in [5, 5.41) is 9.22. The molecule has 6 nitrogen and oxygen atoms in total. The van der Waals surface area contributed by atoms with Crippen LogP contribution in [0.3, 0.4) is 0 Å². The van der Waals surface area contributed by atoms with Gasteiger partial charge in [-0.25, -0.2) is 0 Å². The van der Waals surface area contributed by atoms with Gasteiger partial charge in [-0.05, 0) is 56.8 Å². The van der Waals surface area contributed by atoms with Gasteiger partial charge in [-0.2, -0.15) is 0 Å². The molecule has 3 rings (SSSR count). The van der Waals surface area contributed by atoms with E-state index in [1.165, 1.54) is 63.0 Å². The van der Waals surface area contributed by atoms with Gasteiger partial charge in [0.2, 0.25) is 0 Å². The lowest BCUT2D eigenvalue weighted by Crippen LogP contribution is -2.46. The highest BCUT2D eigenvalue weighted by atomic mass is 32.1. The summed E-state index contributed by atoms with van der Waals surface area (Å²) in [5.74, 6) is 0.913. The minimum absolute atomic E-state index is 0.377.